The smallest absolute Gasteiger partial charge is 0.299 e. The number of benzene rings is 1. The number of fused-ring (bicyclic) bond motifs is 1. The van der Waals surface area contributed by atoms with Gasteiger partial charge in [0.1, 0.15) is 5.82 Å². The molecule has 1 unspecified atom stereocenters. The van der Waals surface area contributed by atoms with Crippen molar-refractivity contribution in [1.29, 1.82) is 0 Å². The Morgan fingerprint density at radius 2 is 2.00 bits per heavy atom. The minimum absolute atomic E-state index is 0.0180. The van der Waals surface area contributed by atoms with E-state index in [1.54, 1.807) is 6.07 Å². The van der Waals surface area contributed by atoms with E-state index in [4.69, 9.17) is 0 Å². The number of rotatable bonds is 3. The van der Waals surface area contributed by atoms with E-state index in [1.807, 2.05) is 22.6 Å². The molecule has 1 saturated carbocycles. The first-order valence-corrected chi connectivity index (χ1v) is 9.05. The van der Waals surface area contributed by atoms with E-state index in [0.717, 1.165) is 17.7 Å². The van der Waals surface area contributed by atoms with Crippen molar-refractivity contribution in [2.75, 3.05) is 12.4 Å². The number of halogens is 3. The minimum atomic E-state index is -2.12. The fourth-order valence-corrected chi connectivity index (χ4v) is 3.49. The van der Waals surface area contributed by atoms with E-state index in [2.05, 4.69) is 15.5 Å². The fourth-order valence-electron chi connectivity index (χ4n) is 3.03. The van der Waals surface area contributed by atoms with Crippen LogP contribution in [0, 0.1) is 15.3 Å². The average molecular weight is 470 g/mol. The lowest BCUT2D eigenvalue weighted by Gasteiger charge is -2.33. The fraction of sp³-hybridized carbons (Fsp3) is 0.294. The number of nitrogens with one attached hydrogen (secondary N) is 1. The van der Waals surface area contributed by atoms with E-state index in [9.17, 15) is 18.4 Å². The number of allylic oxidation sites excluding steroid dienone is 1. The zero-order valence-corrected chi connectivity index (χ0v) is 15.8. The molecule has 0 saturated heterocycles. The largest absolute Gasteiger partial charge is 0.353 e. The SMILES string of the molecule is CN1C(=O)C(F)C(Nc2ccc(I)cc2F)=C2C(=O)N=NC(C3CC3)=C21. The normalized spacial score (nSPS) is 22.9. The van der Waals surface area contributed by atoms with Gasteiger partial charge >= 0.3 is 0 Å². The number of hydrogen-bond acceptors (Lipinski definition) is 4. The zero-order valence-electron chi connectivity index (χ0n) is 13.6. The predicted octanol–water partition coefficient (Wildman–Crippen LogP) is 3.52. The van der Waals surface area contributed by atoms with Crippen molar-refractivity contribution < 1.29 is 18.4 Å². The highest BCUT2D eigenvalue weighted by Crippen LogP contribution is 2.45. The van der Waals surface area contributed by atoms with Gasteiger partial charge in [-0.05, 0) is 53.6 Å². The van der Waals surface area contributed by atoms with Crippen LogP contribution in [0.5, 0.6) is 0 Å². The summed E-state index contributed by atoms with van der Waals surface area (Å²) in [5, 5.41) is 10.2. The Bertz CT molecular complexity index is 937. The number of amides is 2. The van der Waals surface area contributed by atoms with Crippen LogP contribution in [0.2, 0.25) is 0 Å². The highest BCUT2D eigenvalue weighted by atomic mass is 127. The summed E-state index contributed by atoms with van der Waals surface area (Å²) in [6.45, 7) is 0. The summed E-state index contributed by atoms with van der Waals surface area (Å²) in [6, 6.07) is 4.34. The van der Waals surface area contributed by atoms with Gasteiger partial charge in [-0.25, -0.2) is 8.78 Å². The quantitative estimate of drug-likeness (QED) is 0.688. The molecule has 1 aromatic rings. The highest BCUT2D eigenvalue weighted by Gasteiger charge is 2.45. The Kier molecular flexibility index (Phi) is 4.13. The van der Waals surface area contributed by atoms with Gasteiger partial charge in [0.2, 0.25) is 6.17 Å². The summed E-state index contributed by atoms with van der Waals surface area (Å²) in [5.41, 5.74) is 0.402. The maximum Gasteiger partial charge on any atom is 0.299 e. The molecule has 0 aromatic heterocycles. The molecule has 4 rings (SSSR count). The van der Waals surface area contributed by atoms with E-state index in [1.165, 1.54) is 19.2 Å². The maximum absolute atomic E-state index is 14.8. The molecule has 9 heteroatoms. The van der Waals surface area contributed by atoms with Crippen LogP contribution in [-0.2, 0) is 9.59 Å². The predicted molar refractivity (Wildman–Crippen MR) is 97.0 cm³/mol. The Hall–Kier alpha value is -2.17. The topological polar surface area (TPSA) is 74.1 Å². The maximum atomic E-state index is 14.8. The minimum Gasteiger partial charge on any atom is -0.353 e. The summed E-state index contributed by atoms with van der Waals surface area (Å²) in [4.78, 5) is 25.9. The van der Waals surface area contributed by atoms with Crippen molar-refractivity contribution in [3.05, 3.63) is 50.3 Å². The van der Waals surface area contributed by atoms with Crippen molar-refractivity contribution in [1.82, 2.24) is 4.90 Å². The first-order chi connectivity index (χ1) is 12.4. The molecule has 1 aromatic carbocycles. The molecular weight excluding hydrogens is 457 g/mol. The summed E-state index contributed by atoms with van der Waals surface area (Å²) in [5.74, 6) is -2.10. The van der Waals surface area contributed by atoms with Gasteiger partial charge in [0.25, 0.3) is 11.8 Å². The standard InChI is InChI=1S/C17H13F2IN4O2/c1-24-15-11(16(25)23-22-13(15)7-2-3-7)14(12(19)17(24)26)21-10-5-4-8(20)6-9(10)18/h4-7,12,21H,2-3H2,1H3. The van der Waals surface area contributed by atoms with Crippen LogP contribution in [0.4, 0.5) is 14.5 Å². The second-order valence-electron chi connectivity index (χ2n) is 6.31. The summed E-state index contributed by atoms with van der Waals surface area (Å²) in [7, 11) is 1.41. The summed E-state index contributed by atoms with van der Waals surface area (Å²) < 4.78 is 29.7. The van der Waals surface area contributed by atoms with Crippen molar-refractivity contribution >= 4 is 40.1 Å². The molecule has 3 aliphatic rings. The van der Waals surface area contributed by atoms with Crippen LogP contribution >= 0.6 is 22.6 Å². The second-order valence-corrected chi connectivity index (χ2v) is 7.56. The summed E-state index contributed by atoms with van der Waals surface area (Å²) >= 11 is 1.95. The lowest BCUT2D eigenvalue weighted by Crippen LogP contribution is -2.44. The lowest BCUT2D eigenvalue weighted by molar-refractivity contribution is -0.132. The van der Waals surface area contributed by atoms with Gasteiger partial charge in [-0.2, -0.15) is 0 Å². The molecule has 1 atom stereocenters. The molecule has 2 aliphatic heterocycles. The van der Waals surface area contributed by atoms with E-state index in [-0.39, 0.29) is 28.6 Å². The van der Waals surface area contributed by atoms with Crippen LogP contribution in [0.15, 0.2) is 51.1 Å². The van der Waals surface area contributed by atoms with Crippen molar-refractivity contribution in [3.8, 4) is 0 Å². The molecule has 1 fully saturated rings. The molecular formula is C17H13F2IN4O2. The van der Waals surface area contributed by atoms with Crippen LogP contribution < -0.4 is 5.32 Å². The van der Waals surface area contributed by atoms with Crippen molar-refractivity contribution in [2.45, 2.75) is 19.0 Å². The number of carbonyl (C=O) groups excluding carboxylic acids is 2. The van der Waals surface area contributed by atoms with Gasteiger partial charge in [-0.1, -0.05) is 0 Å². The van der Waals surface area contributed by atoms with Gasteiger partial charge < -0.3 is 10.2 Å². The van der Waals surface area contributed by atoms with Crippen LogP contribution in [0.3, 0.4) is 0 Å². The molecule has 0 spiro atoms. The van der Waals surface area contributed by atoms with Gasteiger partial charge in [-0.15, -0.1) is 10.2 Å². The number of likely N-dealkylation sites (N-methyl/N-ethyl adjacent to an activating group) is 1. The number of hydrogen-bond donors (Lipinski definition) is 1. The molecule has 6 nitrogen and oxygen atoms in total. The van der Waals surface area contributed by atoms with Gasteiger partial charge in [0.05, 0.1) is 28.4 Å². The van der Waals surface area contributed by atoms with Gasteiger partial charge in [-0.3, -0.25) is 9.59 Å². The van der Waals surface area contributed by atoms with Crippen molar-refractivity contribution in [3.63, 3.8) is 0 Å². The molecule has 0 radical (unpaired) electrons. The number of carbonyl (C=O) groups is 2. The third-order valence-corrected chi connectivity index (χ3v) is 5.18. The zero-order chi connectivity index (χ0) is 18.6. The monoisotopic (exact) mass is 470 g/mol. The van der Waals surface area contributed by atoms with Crippen LogP contribution in [-0.4, -0.2) is 29.9 Å². The molecule has 1 N–H and O–H groups in total. The number of alkyl halides is 1. The number of azo groups is 1. The highest BCUT2D eigenvalue weighted by molar-refractivity contribution is 14.1. The number of anilines is 1. The van der Waals surface area contributed by atoms with E-state index < -0.39 is 23.8 Å². The third kappa shape index (κ3) is 2.74. The summed E-state index contributed by atoms with van der Waals surface area (Å²) in [6.07, 6.45) is -0.376. The Balaban J connectivity index is 1.88. The molecule has 0 bridgehead atoms. The van der Waals surface area contributed by atoms with Crippen LogP contribution in [0.1, 0.15) is 12.8 Å². The molecule has 1 aliphatic carbocycles. The van der Waals surface area contributed by atoms with Crippen LogP contribution in [0.25, 0.3) is 0 Å². The molecule has 2 heterocycles. The first-order valence-electron chi connectivity index (χ1n) is 7.97. The Morgan fingerprint density at radius 3 is 2.65 bits per heavy atom. The molecule has 134 valence electrons. The Labute approximate surface area is 161 Å². The van der Waals surface area contributed by atoms with E-state index in [0.29, 0.717) is 9.27 Å². The molecule has 26 heavy (non-hydrogen) atoms. The Morgan fingerprint density at radius 1 is 1.27 bits per heavy atom. The lowest BCUT2D eigenvalue weighted by atomic mass is 9.95. The first kappa shape index (κ1) is 17.3. The third-order valence-electron chi connectivity index (χ3n) is 4.51. The number of nitrogens with zero attached hydrogens (tertiary/aromatic N) is 3. The molecule has 2 amide bonds. The van der Waals surface area contributed by atoms with Gasteiger partial charge in [0, 0.05) is 16.5 Å². The van der Waals surface area contributed by atoms with Crippen molar-refractivity contribution in [2.24, 2.45) is 16.1 Å². The second kappa shape index (κ2) is 6.22. The average Bonchev–Trinajstić information content (AvgIpc) is 3.43. The van der Waals surface area contributed by atoms with E-state index >= 15 is 0 Å². The van der Waals surface area contributed by atoms with Gasteiger partial charge in [0.15, 0.2) is 0 Å².